The van der Waals surface area contributed by atoms with E-state index in [1.54, 1.807) is 21.1 Å². The summed E-state index contributed by atoms with van der Waals surface area (Å²) in [6.07, 6.45) is 0.213. The van der Waals surface area contributed by atoms with E-state index in [0.29, 0.717) is 12.3 Å². The van der Waals surface area contributed by atoms with Crippen LogP contribution in [0, 0.1) is 0 Å². The maximum atomic E-state index is 9.49. The number of rotatable bonds is 5. The van der Waals surface area contributed by atoms with Crippen LogP contribution < -0.4 is 9.47 Å². The number of aliphatic hydroxyl groups is 1. The fourth-order valence-corrected chi connectivity index (χ4v) is 2.07. The molecular formula is C14H22O3. The van der Waals surface area contributed by atoms with Gasteiger partial charge >= 0.3 is 0 Å². The smallest absolute Gasteiger partial charge is 0.129 e. The molecule has 3 nitrogen and oxygen atoms in total. The van der Waals surface area contributed by atoms with Gasteiger partial charge in [0.05, 0.1) is 20.3 Å². The van der Waals surface area contributed by atoms with Crippen LogP contribution in [0.15, 0.2) is 12.1 Å². The third-order valence-electron chi connectivity index (χ3n) is 2.75. The summed E-state index contributed by atoms with van der Waals surface area (Å²) in [5.41, 5.74) is 2.08. The van der Waals surface area contributed by atoms with E-state index in [0.717, 1.165) is 22.6 Å². The highest BCUT2D eigenvalue weighted by Gasteiger charge is 2.18. The Bertz CT molecular complexity index is 370. The van der Waals surface area contributed by atoms with Gasteiger partial charge in [-0.25, -0.2) is 0 Å². The minimum absolute atomic E-state index is 0.314. The van der Waals surface area contributed by atoms with Gasteiger partial charge in [0.25, 0.3) is 0 Å². The van der Waals surface area contributed by atoms with E-state index in [1.165, 1.54) is 0 Å². The van der Waals surface area contributed by atoms with E-state index in [1.807, 2.05) is 12.1 Å². The van der Waals surface area contributed by atoms with Gasteiger partial charge in [0.1, 0.15) is 11.5 Å². The largest absolute Gasteiger partial charge is 0.496 e. The molecule has 1 aromatic rings. The van der Waals surface area contributed by atoms with E-state index in [9.17, 15) is 5.11 Å². The molecule has 0 aromatic heterocycles. The van der Waals surface area contributed by atoms with Gasteiger partial charge in [0.2, 0.25) is 0 Å². The second-order valence-corrected chi connectivity index (χ2v) is 4.58. The van der Waals surface area contributed by atoms with Gasteiger partial charge in [-0.05, 0) is 24.5 Å². The predicted molar refractivity (Wildman–Crippen MR) is 69.0 cm³/mol. The molecule has 0 heterocycles. The van der Waals surface area contributed by atoms with Crippen LogP contribution in [0.1, 0.15) is 37.8 Å². The van der Waals surface area contributed by atoms with Crippen LogP contribution in [0.2, 0.25) is 0 Å². The maximum Gasteiger partial charge on any atom is 0.129 e. The van der Waals surface area contributed by atoms with Crippen molar-refractivity contribution >= 4 is 0 Å². The predicted octanol–water partition coefficient (Wildman–Crippen LogP) is 2.75. The summed E-state index contributed by atoms with van der Waals surface area (Å²) >= 11 is 0. The lowest BCUT2D eigenvalue weighted by atomic mass is 9.95. The molecule has 1 atom stereocenters. The summed E-state index contributed by atoms with van der Waals surface area (Å²) in [7, 11) is 3.32. The van der Waals surface area contributed by atoms with E-state index < -0.39 is 0 Å². The lowest BCUT2D eigenvalue weighted by Crippen LogP contribution is -2.08. The van der Waals surface area contributed by atoms with Gasteiger partial charge in [0, 0.05) is 12.0 Å². The highest BCUT2D eigenvalue weighted by molar-refractivity contribution is 5.52. The first-order chi connectivity index (χ1) is 8.01. The molecule has 0 amide bonds. The van der Waals surface area contributed by atoms with E-state index in [2.05, 4.69) is 13.8 Å². The van der Waals surface area contributed by atoms with Crippen LogP contribution in [0.4, 0.5) is 0 Å². The van der Waals surface area contributed by atoms with Crippen LogP contribution in [0.25, 0.3) is 0 Å². The van der Waals surface area contributed by atoms with Crippen molar-refractivity contribution < 1.29 is 14.6 Å². The lowest BCUT2D eigenvalue weighted by Gasteiger charge is -2.19. The molecule has 0 bridgehead atoms. The van der Waals surface area contributed by atoms with Crippen LogP contribution >= 0.6 is 0 Å². The Morgan fingerprint density at radius 1 is 1.12 bits per heavy atom. The number of methoxy groups -OCH3 is 2. The van der Waals surface area contributed by atoms with Gasteiger partial charge < -0.3 is 14.6 Å². The van der Waals surface area contributed by atoms with Crippen molar-refractivity contribution in [2.45, 2.75) is 39.2 Å². The number of benzene rings is 1. The molecule has 0 saturated carbocycles. The third kappa shape index (κ3) is 3.13. The Morgan fingerprint density at radius 2 is 1.76 bits per heavy atom. The minimum Gasteiger partial charge on any atom is -0.496 e. The Kier molecular flexibility index (Phi) is 4.82. The molecule has 0 fully saturated rings. The topological polar surface area (TPSA) is 38.7 Å². The monoisotopic (exact) mass is 238 g/mol. The molecule has 1 unspecified atom stereocenters. The standard InChI is InChI=1S/C14H22O3/c1-9(2)13-12(16-4)7-6-11(8-10(3)15)14(13)17-5/h6-7,9-10,15H,8H2,1-5H3. The van der Waals surface area contributed by atoms with Crippen LogP contribution in [-0.2, 0) is 6.42 Å². The molecule has 0 aliphatic heterocycles. The van der Waals surface area contributed by atoms with E-state index in [4.69, 9.17) is 9.47 Å². The molecule has 0 aliphatic carbocycles. The Hall–Kier alpha value is -1.22. The zero-order chi connectivity index (χ0) is 13.0. The molecule has 1 N–H and O–H groups in total. The Morgan fingerprint density at radius 3 is 2.18 bits per heavy atom. The molecule has 96 valence electrons. The number of ether oxygens (including phenoxy) is 2. The normalized spacial score (nSPS) is 12.6. The van der Waals surface area contributed by atoms with Crippen LogP contribution in [0.5, 0.6) is 11.5 Å². The first-order valence-electron chi connectivity index (χ1n) is 5.93. The second kappa shape index (κ2) is 5.92. The first kappa shape index (κ1) is 13.8. The summed E-state index contributed by atoms with van der Waals surface area (Å²) < 4.78 is 10.9. The molecule has 1 rings (SSSR count). The van der Waals surface area contributed by atoms with Crippen molar-refractivity contribution in [2.24, 2.45) is 0 Å². The number of hydrogen-bond acceptors (Lipinski definition) is 3. The fourth-order valence-electron chi connectivity index (χ4n) is 2.07. The Balaban J connectivity index is 3.30. The number of hydrogen-bond donors (Lipinski definition) is 1. The molecule has 0 aliphatic rings. The van der Waals surface area contributed by atoms with E-state index in [-0.39, 0.29) is 6.10 Å². The highest BCUT2D eigenvalue weighted by Crippen LogP contribution is 2.38. The van der Waals surface area contributed by atoms with Crippen molar-refractivity contribution in [3.63, 3.8) is 0 Å². The van der Waals surface area contributed by atoms with Crippen molar-refractivity contribution in [2.75, 3.05) is 14.2 Å². The molecule has 0 saturated heterocycles. The van der Waals surface area contributed by atoms with Gasteiger partial charge in [-0.15, -0.1) is 0 Å². The van der Waals surface area contributed by atoms with Crippen molar-refractivity contribution in [3.05, 3.63) is 23.3 Å². The summed E-state index contributed by atoms with van der Waals surface area (Å²) in [6.45, 7) is 5.98. The summed E-state index contributed by atoms with van der Waals surface area (Å²) in [5.74, 6) is 1.99. The lowest BCUT2D eigenvalue weighted by molar-refractivity contribution is 0.194. The molecular weight excluding hydrogens is 216 g/mol. The van der Waals surface area contributed by atoms with E-state index >= 15 is 0 Å². The average molecular weight is 238 g/mol. The second-order valence-electron chi connectivity index (χ2n) is 4.58. The third-order valence-corrected chi connectivity index (χ3v) is 2.75. The average Bonchev–Trinajstić information content (AvgIpc) is 2.27. The van der Waals surface area contributed by atoms with Crippen LogP contribution in [0.3, 0.4) is 0 Å². The van der Waals surface area contributed by atoms with Crippen molar-refractivity contribution in [1.82, 2.24) is 0 Å². The molecule has 0 radical (unpaired) electrons. The van der Waals surface area contributed by atoms with Gasteiger partial charge in [-0.2, -0.15) is 0 Å². The Labute approximate surface area is 103 Å². The van der Waals surface area contributed by atoms with Gasteiger partial charge in [0.15, 0.2) is 0 Å². The van der Waals surface area contributed by atoms with Crippen LogP contribution in [-0.4, -0.2) is 25.4 Å². The zero-order valence-electron chi connectivity index (χ0n) is 11.3. The van der Waals surface area contributed by atoms with Crippen molar-refractivity contribution in [1.29, 1.82) is 0 Å². The molecule has 17 heavy (non-hydrogen) atoms. The molecule has 1 aromatic carbocycles. The van der Waals surface area contributed by atoms with Gasteiger partial charge in [-0.1, -0.05) is 19.9 Å². The number of aliphatic hydroxyl groups excluding tert-OH is 1. The van der Waals surface area contributed by atoms with Crippen molar-refractivity contribution in [3.8, 4) is 11.5 Å². The maximum absolute atomic E-state index is 9.49. The summed E-state index contributed by atoms with van der Waals surface area (Å²) in [6, 6.07) is 3.89. The molecule has 0 spiro atoms. The fraction of sp³-hybridized carbons (Fsp3) is 0.571. The summed E-state index contributed by atoms with van der Waals surface area (Å²) in [5, 5.41) is 9.49. The zero-order valence-corrected chi connectivity index (χ0v) is 11.3. The SMILES string of the molecule is COc1ccc(CC(C)O)c(OC)c1C(C)C. The quantitative estimate of drug-likeness (QED) is 0.857. The molecule has 3 heteroatoms. The van der Waals surface area contributed by atoms with Gasteiger partial charge in [-0.3, -0.25) is 0 Å². The highest BCUT2D eigenvalue weighted by atomic mass is 16.5. The first-order valence-corrected chi connectivity index (χ1v) is 5.93. The summed E-state index contributed by atoms with van der Waals surface area (Å²) in [4.78, 5) is 0. The minimum atomic E-state index is -0.377.